The molecule has 0 amide bonds. The van der Waals surface area contributed by atoms with Crippen molar-refractivity contribution >= 4 is 11.8 Å². The monoisotopic (exact) mass is 249 g/mol. The van der Waals surface area contributed by atoms with Gasteiger partial charge in [0, 0.05) is 11.9 Å². The first-order valence-electron chi connectivity index (χ1n) is 5.94. The van der Waals surface area contributed by atoms with Gasteiger partial charge in [0.25, 0.3) is 0 Å². The Labute approximate surface area is 104 Å². The predicted molar refractivity (Wildman–Crippen MR) is 65.7 cm³/mol. The fourth-order valence-electron chi connectivity index (χ4n) is 2.24. The molecule has 1 aliphatic carbocycles. The summed E-state index contributed by atoms with van der Waals surface area (Å²) >= 11 is 1.66. The molecule has 0 radical (unpaired) electrons. The van der Waals surface area contributed by atoms with E-state index in [9.17, 15) is 0 Å². The first-order valence-corrected chi connectivity index (χ1v) is 6.93. The van der Waals surface area contributed by atoms with E-state index >= 15 is 0 Å². The van der Waals surface area contributed by atoms with Crippen LogP contribution in [0.25, 0.3) is 0 Å². The second kappa shape index (κ2) is 4.91. The van der Waals surface area contributed by atoms with Crippen molar-refractivity contribution in [1.82, 2.24) is 25.2 Å². The lowest BCUT2D eigenvalue weighted by Crippen LogP contribution is -2.05. The number of aromatic amines is 1. The van der Waals surface area contributed by atoms with Crippen LogP contribution in [0.2, 0.25) is 0 Å². The normalized spacial score (nSPS) is 16.7. The smallest absolute Gasteiger partial charge is 0.139 e. The summed E-state index contributed by atoms with van der Waals surface area (Å²) in [4.78, 5) is 0. The molecule has 2 aromatic heterocycles. The molecule has 0 bridgehead atoms. The first-order chi connectivity index (χ1) is 8.42. The Morgan fingerprint density at radius 2 is 2.29 bits per heavy atom. The van der Waals surface area contributed by atoms with Gasteiger partial charge in [-0.1, -0.05) is 24.6 Å². The third-order valence-electron chi connectivity index (χ3n) is 3.12. The van der Waals surface area contributed by atoms with E-state index in [1.54, 1.807) is 18.0 Å². The lowest BCUT2D eigenvalue weighted by molar-refractivity contribution is 0.464. The molecule has 1 aliphatic rings. The van der Waals surface area contributed by atoms with Crippen molar-refractivity contribution in [2.75, 3.05) is 0 Å². The van der Waals surface area contributed by atoms with E-state index in [-0.39, 0.29) is 0 Å². The zero-order valence-corrected chi connectivity index (χ0v) is 10.4. The SMILES string of the molecule is c1cn(C2CCCC2)nc1CSc1cn[nH]n1. The number of rotatable bonds is 4. The Hall–Kier alpha value is -1.30. The lowest BCUT2D eigenvalue weighted by atomic mass is 10.3. The van der Waals surface area contributed by atoms with Crippen molar-refractivity contribution in [2.24, 2.45) is 0 Å². The summed E-state index contributed by atoms with van der Waals surface area (Å²) < 4.78 is 2.13. The Bertz CT molecular complexity index is 458. The zero-order valence-electron chi connectivity index (χ0n) is 9.54. The molecule has 2 aromatic rings. The number of nitrogens with zero attached hydrogens (tertiary/aromatic N) is 4. The molecular formula is C11H15N5S. The summed E-state index contributed by atoms with van der Waals surface area (Å²) in [6.07, 6.45) is 9.07. The van der Waals surface area contributed by atoms with Gasteiger partial charge in [0.1, 0.15) is 5.03 Å². The quantitative estimate of drug-likeness (QED) is 0.845. The molecule has 5 nitrogen and oxygen atoms in total. The summed E-state index contributed by atoms with van der Waals surface area (Å²) in [5.74, 6) is 0.853. The van der Waals surface area contributed by atoms with Gasteiger partial charge in [0.15, 0.2) is 0 Å². The van der Waals surface area contributed by atoms with E-state index in [1.165, 1.54) is 25.7 Å². The van der Waals surface area contributed by atoms with Crippen LogP contribution in [-0.4, -0.2) is 25.2 Å². The van der Waals surface area contributed by atoms with Crippen LogP contribution >= 0.6 is 11.8 Å². The van der Waals surface area contributed by atoms with Crippen LogP contribution in [0.5, 0.6) is 0 Å². The Kier molecular flexibility index (Phi) is 3.13. The van der Waals surface area contributed by atoms with Gasteiger partial charge >= 0.3 is 0 Å². The van der Waals surface area contributed by atoms with Crippen molar-refractivity contribution in [3.8, 4) is 0 Å². The van der Waals surface area contributed by atoms with Crippen molar-refractivity contribution in [3.05, 3.63) is 24.2 Å². The van der Waals surface area contributed by atoms with Crippen LogP contribution in [-0.2, 0) is 5.75 Å². The molecule has 17 heavy (non-hydrogen) atoms. The molecule has 0 aromatic carbocycles. The maximum Gasteiger partial charge on any atom is 0.139 e. The van der Waals surface area contributed by atoms with Crippen molar-refractivity contribution < 1.29 is 0 Å². The Morgan fingerprint density at radius 3 is 3.06 bits per heavy atom. The number of hydrogen-bond donors (Lipinski definition) is 1. The van der Waals surface area contributed by atoms with Gasteiger partial charge in [-0.25, -0.2) is 0 Å². The molecule has 6 heteroatoms. The summed E-state index contributed by atoms with van der Waals surface area (Å²) in [5.41, 5.74) is 1.12. The molecule has 1 saturated carbocycles. The predicted octanol–water partition coefficient (Wildman–Crippen LogP) is 2.41. The van der Waals surface area contributed by atoms with E-state index in [2.05, 4.69) is 37.5 Å². The molecular weight excluding hydrogens is 234 g/mol. The molecule has 2 heterocycles. The number of thioether (sulfide) groups is 1. The van der Waals surface area contributed by atoms with Crippen LogP contribution in [0, 0.1) is 0 Å². The molecule has 90 valence electrons. The summed E-state index contributed by atoms with van der Waals surface area (Å²) in [5, 5.41) is 15.9. The van der Waals surface area contributed by atoms with Crippen molar-refractivity contribution in [3.63, 3.8) is 0 Å². The third kappa shape index (κ3) is 2.52. The largest absolute Gasteiger partial charge is 0.269 e. The minimum Gasteiger partial charge on any atom is -0.269 e. The van der Waals surface area contributed by atoms with Crippen LogP contribution < -0.4 is 0 Å². The highest BCUT2D eigenvalue weighted by Crippen LogP contribution is 2.29. The van der Waals surface area contributed by atoms with E-state index in [0.717, 1.165) is 16.5 Å². The van der Waals surface area contributed by atoms with Crippen molar-refractivity contribution in [1.29, 1.82) is 0 Å². The number of aromatic nitrogens is 5. The minimum absolute atomic E-state index is 0.626. The van der Waals surface area contributed by atoms with Crippen molar-refractivity contribution in [2.45, 2.75) is 42.5 Å². The fourth-order valence-corrected chi connectivity index (χ4v) is 2.92. The summed E-state index contributed by atoms with van der Waals surface area (Å²) in [7, 11) is 0. The van der Waals surface area contributed by atoms with Crippen LogP contribution in [0.15, 0.2) is 23.5 Å². The topological polar surface area (TPSA) is 59.4 Å². The fraction of sp³-hybridized carbons (Fsp3) is 0.545. The molecule has 0 unspecified atom stereocenters. The molecule has 3 rings (SSSR count). The summed E-state index contributed by atoms with van der Waals surface area (Å²) in [6, 6.07) is 2.73. The van der Waals surface area contributed by atoms with Gasteiger partial charge in [0.05, 0.1) is 17.9 Å². The molecule has 1 fully saturated rings. The molecule has 0 aliphatic heterocycles. The van der Waals surface area contributed by atoms with Crippen LogP contribution in [0.3, 0.4) is 0 Å². The maximum atomic E-state index is 4.63. The molecule has 0 spiro atoms. The van der Waals surface area contributed by atoms with E-state index in [4.69, 9.17) is 0 Å². The lowest BCUT2D eigenvalue weighted by Gasteiger charge is -2.08. The summed E-state index contributed by atoms with van der Waals surface area (Å²) in [6.45, 7) is 0. The van der Waals surface area contributed by atoms with Crippen LogP contribution in [0.4, 0.5) is 0 Å². The maximum absolute atomic E-state index is 4.63. The average molecular weight is 249 g/mol. The van der Waals surface area contributed by atoms with Gasteiger partial charge in [-0.05, 0) is 18.9 Å². The van der Waals surface area contributed by atoms with E-state index in [0.29, 0.717) is 6.04 Å². The van der Waals surface area contributed by atoms with Gasteiger partial charge in [-0.2, -0.15) is 15.4 Å². The Balaban J connectivity index is 1.60. The molecule has 0 saturated heterocycles. The standard InChI is InChI=1S/C11H15N5S/c1-2-4-10(3-1)16-6-5-9(14-16)8-17-11-7-12-15-13-11/h5-7,10H,1-4,8H2,(H,12,13,15). The van der Waals surface area contributed by atoms with Gasteiger partial charge in [-0.15, -0.1) is 5.10 Å². The first kappa shape index (κ1) is 10.8. The zero-order chi connectivity index (χ0) is 11.5. The second-order valence-corrected chi connectivity index (χ2v) is 5.32. The van der Waals surface area contributed by atoms with E-state index < -0.39 is 0 Å². The van der Waals surface area contributed by atoms with Gasteiger partial charge in [-0.3, -0.25) is 4.68 Å². The average Bonchev–Trinajstić information content (AvgIpc) is 3.09. The number of nitrogens with one attached hydrogen (secondary N) is 1. The minimum atomic E-state index is 0.626. The van der Waals surface area contributed by atoms with Gasteiger partial charge in [0.2, 0.25) is 0 Å². The number of hydrogen-bond acceptors (Lipinski definition) is 4. The van der Waals surface area contributed by atoms with E-state index in [1.807, 2.05) is 0 Å². The highest BCUT2D eigenvalue weighted by atomic mass is 32.2. The van der Waals surface area contributed by atoms with Gasteiger partial charge < -0.3 is 0 Å². The number of H-pyrrole nitrogens is 1. The third-order valence-corrected chi connectivity index (χ3v) is 4.06. The second-order valence-electron chi connectivity index (χ2n) is 4.32. The Morgan fingerprint density at radius 1 is 1.41 bits per heavy atom. The molecule has 0 atom stereocenters. The molecule has 1 N–H and O–H groups in total. The highest BCUT2D eigenvalue weighted by molar-refractivity contribution is 7.98. The highest BCUT2D eigenvalue weighted by Gasteiger charge is 2.17. The van der Waals surface area contributed by atoms with Crippen LogP contribution in [0.1, 0.15) is 37.4 Å².